The average molecular weight is 371 g/mol. The quantitative estimate of drug-likeness (QED) is 0.867. The minimum absolute atomic E-state index is 0.0677. The zero-order chi connectivity index (χ0) is 18.9. The molecule has 0 amide bonds. The average Bonchev–Trinajstić information content (AvgIpc) is 2.97. The number of halogens is 3. The molecule has 7 nitrogen and oxygen atoms in total. The Hall–Kier alpha value is -1.94. The maximum atomic E-state index is 13.0. The molecular formula is C16H24F3N7. The lowest BCUT2D eigenvalue weighted by molar-refractivity contribution is -0.146. The van der Waals surface area contributed by atoms with E-state index in [1.165, 1.54) is 6.07 Å². The van der Waals surface area contributed by atoms with Crippen LogP contribution in [0, 0.1) is 0 Å². The normalized spacial score (nSPS) is 17.8. The molecule has 2 aromatic rings. The molecule has 1 fully saturated rings. The van der Waals surface area contributed by atoms with Gasteiger partial charge in [-0.2, -0.15) is 17.7 Å². The SMILES string of the molecule is CN1CCN(CCC(C)(C)Nc2ccc3nnc(C(F)(F)F)n3n2)CC1. The van der Waals surface area contributed by atoms with Crippen LogP contribution in [0.1, 0.15) is 26.1 Å². The highest BCUT2D eigenvalue weighted by atomic mass is 19.4. The number of hydrogen-bond donors (Lipinski definition) is 1. The van der Waals surface area contributed by atoms with Crippen LogP contribution in [0.4, 0.5) is 19.0 Å². The second-order valence-corrected chi connectivity index (χ2v) is 7.41. The van der Waals surface area contributed by atoms with Crippen LogP contribution in [0.2, 0.25) is 0 Å². The van der Waals surface area contributed by atoms with Crippen molar-refractivity contribution in [3.05, 3.63) is 18.0 Å². The number of fused-ring (bicyclic) bond motifs is 1. The van der Waals surface area contributed by atoms with Crippen molar-refractivity contribution in [2.45, 2.75) is 32.0 Å². The number of nitrogens with one attached hydrogen (secondary N) is 1. The first-order valence-electron chi connectivity index (χ1n) is 8.63. The van der Waals surface area contributed by atoms with E-state index in [4.69, 9.17) is 0 Å². The Morgan fingerprint density at radius 2 is 1.77 bits per heavy atom. The highest BCUT2D eigenvalue weighted by molar-refractivity contribution is 5.45. The molecule has 3 heterocycles. The van der Waals surface area contributed by atoms with E-state index in [0.29, 0.717) is 5.82 Å². The Kier molecular flexibility index (Phi) is 5.07. The Morgan fingerprint density at radius 1 is 1.08 bits per heavy atom. The number of piperazine rings is 1. The second-order valence-electron chi connectivity index (χ2n) is 7.41. The minimum Gasteiger partial charge on any atom is -0.364 e. The predicted molar refractivity (Wildman–Crippen MR) is 92.0 cm³/mol. The van der Waals surface area contributed by atoms with Gasteiger partial charge in [0.2, 0.25) is 0 Å². The number of hydrogen-bond acceptors (Lipinski definition) is 6. The first kappa shape index (κ1) is 18.8. The van der Waals surface area contributed by atoms with Crippen molar-refractivity contribution in [2.24, 2.45) is 0 Å². The third kappa shape index (κ3) is 4.42. The van der Waals surface area contributed by atoms with E-state index in [1.807, 2.05) is 13.8 Å². The predicted octanol–water partition coefficient (Wildman–Crippen LogP) is 1.97. The Bertz CT molecular complexity index is 748. The van der Waals surface area contributed by atoms with E-state index >= 15 is 0 Å². The lowest BCUT2D eigenvalue weighted by Gasteiger charge is -2.35. The summed E-state index contributed by atoms with van der Waals surface area (Å²) in [6, 6.07) is 3.11. The van der Waals surface area contributed by atoms with Gasteiger partial charge in [0.25, 0.3) is 5.82 Å². The van der Waals surface area contributed by atoms with Crippen molar-refractivity contribution in [3.8, 4) is 0 Å². The van der Waals surface area contributed by atoms with Crippen molar-refractivity contribution >= 4 is 11.5 Å². The fourth-order valence-corrected chi connectivity index (χ4v) is 2.95. The van der Waals surface area contributed by atoms with Crippen molar-refractivity contribution in [3.63, 3.8) is 0 Å². The Labute approximate surface area is 150 Å². The topological polar surface area (TPSA) is 61.6 Å². The van der Waals surface area contributed by atoms with Gasteiger partial charge in [0.05, 0.1) is 0 Å². The van der Waals surface area contributed by atoms with Gasteiger partial charge in [-0.1, -0.05) is 0 Å². The van der Waals surface area contributed by atoms with Gasteiger partial charge in [0.15, 0.2) is 5.65 Å². The van der Waals surface area contributed by atoms with Crippen molar-refractivity contribution in [1.82, 2.24) is 29.6 Å². The van der Waals surface area contributed by atoms with E-state index in [1.54, 1.807) is 6.07 Å². The van der Waals surface area contributed by atoms with E-state index < -0.39 is 12.0 Å². The molecule has 144 valence electrons. The summed E-state index contributed by atoms with van der Waals surface area (Å²) >= 11 is 0. The first-order valence-corrected chi connectivity index (χ1v) is 8.63. The smallest absolute Gasteiger partial charge is 0.364 e. The molecule has 1 aliphatic rings. The molecule has 1 saturated heterocycles. The van der Waals surface area contributed by atoms with Gasteiger partial charge in [-0.3, -0.25) is 0 Å². The molecule has 26 heavy (non-hydrogen) atoms. The number of likely N-dealkylation sites (N-methyl/N-ethyl adjacent to an activating group) is 1. The number of aromatic nitrogens is 4. The molecule has 2 aromatic heterocycles. The zero-order valence-corrected chi connectivity index (χ0v) is 15.2. The molecule has 0 atom stereocenters. The van der Waals surface area contributed by atoms with Gasteiger partial charge in [0, 0.05) is 38.3 Å². The molecule has 0 saturated carbocycles. The van der Waals surface area contributed by atoms with E-state index in [9.17, 15) is 13.2 Å². The molecule has 0 aromatic carbocycles. The van der Waals surface area contributed by atoms with Gasteiger partial charge in [-0.25, -0.2) is 0 Å². The van der Waals surface area contributed by atoms with Gasteiger partial charge in [-0.05, 0) is 39.4 Å². The van der Waals surface area contributed by atoms with Crippen LogP contribution < -0.4 is 5.32 Å². The van der Waals surface area contributed by atoms with Crippen LogP contribution in [0.3, 0.4) is 0 Å². The summed E-state index contributed by atoms with van der Waals surface area (Å²) in [4.78, 5) is 4.71. The van der Waals surface area contributed by atoms with E-state index in [0.717, 1.165) is 43.7 Å². The highest BCUT2D eigenvalue weighted by Crippen LogP contribution is 2.28. The van der Waals surface area contributed by atoms with E-state index in [-0.39, 0.29) is 11.2 Å². The Balaban J connectivity index is 1.67. The monoisotopic (exact) mass is 371 g/mol. The lowest BCUT2D eigenvalue weighted by atomic mass is 10.00. The summed E-state index contributed by atoms with van der Waals surface area (Å²) in [5.74, 6) is -0.752. The summed E-state index contributed by atoms with van der Waals surface area (Å²) in [7, 11) is 2.12. The van der Waals surface area contributed by atoms with Gasteiger partial charge in [0.1, 0.15) is 5.82 Å². The molecule has 0 radical (unpaired) electrons. The molecule has 1 N–H and O–H groups in total. The lowest BCUT2D eigenvalue weighted by Crippen LogP contribution is -2.46. The van der Waals surface area contributed by atoms with Gasteiger partial charge >= 0.3 is 6.18 Å². The van der Waals surface area contributed by atoms with Gasteiger partial charge in [-0.15, -0.1) is 15.3 Å². The summed E-state index contributed by atoms with van der Waals surface area (Å²) in [5.41, 5.74) is -0.241. The van der Waals surface area contributed by atoms with Crippen molar-refractivity contribution in [2.75, 3.05) is 45.1 Å². The van der Waals surface area contributed by atoms with Crippen LogP contribution in [0.25, 0.3) is 5.65 Å². The van der Waals surface area contributed by atoms with Gasteiger partial charge < -0.3 is 15.1 Å². The van der Waals surface area contributed by atoms with Crippen LogP contribution >= 0.6 is 0 Å². The third-order valence-electron chi connectivity index (χ3n) is 4.63. The molecule has 0 bridgehead atoms. The summed E-state index contributed by atoms with van der Waals surface area (Å²) < 4.78 is 39.7. The number of rotatable bonds is 5. The van der Waals surface area contributed by atoms with Crippen molar-refractivity contribution < 1.29 is 13.2 Å². The number of alkyl halides is 3. The molecular weight excluding hydrogens is 347 g/mol. The standard InChI is InChI=1S/C16H24F3N7/c1-15(2,6-7-25-10-8-24(3)9-11-25)20-12-4-5-13-21-22-14(16(17,18)19)26(13)23-12/h4-5H,6-11H2,1-3H3,(H,20,23). The molecule has 0 unspecified atom stereocenters. The fraction of sp³-hybridized carbons (Fsp3) is 0.688. The van der Waals surface area contributed by atoms with E-state index in [2.05, 4.69) is 37.5 Å². The number of anilines is 1. The van der Waals surface area contributed by atoms with Crippen LogP contribution in [0.15, 0.2) is 12.1 Å². The maximum Gasteiger partial charge on any atom is 0.453 e. The van der Waals surface area contributed by atoms with Crippen LogP contribution in [-0.4, -0.2) is 74.9 Å². The van der Waals surface area contributed by atoms with Crippen molar-refractivity contribution in [1.29, 1.82) is 0 Å². The molecule has 0 spiro atoms. The number of nitrogens with zero attached hydrogens (tertiary/aromatic N) is 6. The van der Waals surface area contributed by atoms with Crippen LogP contribution in [-0.2, 0) is 6.18 Å². The van der Waals surface area contributed by atoms with Crippen LogP contribution in [0.5, 0.6) is 0 Å². The third-order valence-corrected chi connectivity index (χ3v) is 4.63. The molecule has 10 heteroatoms. The fourth-order valence-electron chi connectivity index (χ4n) is 2.95. The molecule has 0 aliphatic carbocycles. The largest absolute Gasteiger partial charge is 0.453 e. The summed E-state index contributed by atoms with van der Waals surface area (Å²) in [5, 5.41) is 14.0. The second kappa shape index (κ2) is 6.99. The zero-order valence-electron chi connectivity index (χ0n) is 15.2. The Morgan fingerprint density at radius 3 is 2.42 bits per heavy atom. The summed E-state index contributed by atoms with van der Waals surface area (Å²) in [6.07, 6.45) is -3.74. The molecule has 3 rings (SSSR count). The maximum absolute atomic E-state index is 13.0. The summed E-state index contributed by atoms with van der Waals surface area (Å²) in [6.45, 7) is 9.15. The first-order chi connectivity index (χ1) is 12.1. The highest BCUT2D eigenvalue weighted by Gasteiger charge is 2.37. The minimum atomic E-state index is -4.60. The molecule has 1 aliphatic heterocycles.